The van der Waals surface area contributed by atoms with Crippen molar-refractivity contribution in [3.63, 3.8) is 0 Å². The summed E-state index contributed by atoms with van der Waals surface area (Å²) < 4.78 is 13.6. The molecule has 1 unspecified atom stereocenters. The van der Waals surface area contributed by atoms with E-state index in [1.165, 1.54) is 11.6 Å². The standard InChI is InChI=1S/C16H16BrClFN/c1-11(8-12-2-5-14(18)6-3-12)20-10-13-4-7-16(19)15(17)9-13/h2-7,9,11,20H,8,10H2,1H3. The summed E-state index contributed by atoms with van der Waals surface area (Å²) in [7, 11) is 0. The third-order valence-corrected chi connectivity index (χ3v) is 3.95. The van der Waals surface area contributed by atoms with Crippen LogP contribution in [0, 0.1) is 5.82 Å². The zero-order valence-corrected chi connectivity index (χ0v) is 13.5. The van der Waals surface area contributed by atoms with E-state index in [-0.39, 0.29) is 5.82 Å². The maximum atomic E-state index is 13.1. The third kappa shape index (κ3) is 4.58. The summed E-state index contributed by atoms with van der Waals surface area (Å²) in [5.41, 5.74) is 2.30. The molecule has 0 saturated carbocycles. The fourth-order valence-corrected chi connectivity index (χ4v) is 2.54. The van der Waals surface area contributed by atoms with Crippen LogP contribution in [0.5, 0.6) is 0 Å². The molecule has 0 aliphatic carbocycles. The third-order valence-electron chi connectivity index (χ3n) is 3.09. The number of hydrogen-bond acceptors (Lipinski definition) is 1. The first-order valence-electron chi connectivity index (χ1n) is 6.46. The summed E-state index contributed by atoms with van der Waals surface area (Å²) in [6.45, 7) is 2.85. The second kappa shape index (κ2) is 7.21. The van der Waals surface area contributed by atoms with Gasteiger partial charge in [-0.05, 0) is 64.7 Å². The van der Waals surface area contributed by atoms with Gasteiger partial charge in [-0.15, -0.1) is 0 Å². The van der Waals surface area contributed by atoms with Gasteiger partial charge in [-0.2, -0.15) is 0 Å². The van der Waals surface area contributed by atoms with Crippen molar-refractivity contribution in [2.75, 3.05) is 0 Å². The van der Waals surface area contributed by atoms with E-state index in [0.29, 0.717) is 17.1 Å². The highest BCUT2D eigenvalue weighted by Gasteiger charge is 2.05. The van der Waals surface area contributed by atoms with Crippen LogP contribution in [-0.2, 0) is 13.0 Å². The number of benzene rings is 2. The lowest BCUT2D eigenvalue weighted by molar-refractivity contribution is 0.544. The second-order valence-corrected chi connectivity index (χ2v) is 6.15. The maximum Gasteiger partial charge on any atom is 0.137 e. The van der Waals surface area contributed by atoms with Crippen molar-refractivity contribution in [1.82, 2.24) is 5.32 Å². The minimum Gasteiger partial charge on any atom is -0.310 e. The monoisotopic (exact) mass is 355 g/mol. The van der Waals surface area contributed by atoms with Crippen LogP contribution in [0.3, 0.4) is 0 Å². The Morgan fingerprint density at radius 2 is 1.80 bits per heavy atom. The van der Waals surface area contributed by atoms with Crippen molar-refractivity contribution in [3.05, 3.63) is 68.9 Å². The van der Waals surface area contributed by atoms with E-state index in [0.717, 1.165) is 17.0 Å². The predicted molar refractivity (Wildman–Crippen MR) is 85.6 cm³/mol. The molecule has 106 valence electrons. The molecule has 1 atom stereocenters. The molecule has 0 radical (unpaired) electrons. The molecular weight excluding hydrogens is 341 g/mol. The van der Waals surface area contributed by atoms with Crippen LogP contribution in [0.1, 0.15) is 18.1 Å². The summed E-state index contributed by atoms with van der Waals surface area (Å²) >= 11 is 9.06. The van der Waals surface area contributed by atoms with Crippen molar-refractivity contribution in [2.24, 2.45) is 0 Å². The molecule has 1 nitrogen and oxygen atoms in total. The van der Waals surface area contributed by atoms with Crippen LogP contribution in [0.25, 0.3) is 0 Å². The molecule has 0 aromatic heterocycles. The van der Waals surface area contributed by atoms with Gasteiger partial charge in [-0.25, -0.2) is 4.39 Å². The molecular formula is C16H16BrClFN. The van der Waals surface area contributed by atoms with Crippen molar-refractivity contribution < 1.29 is 4.39 Å². The highest BCUT2D eigenvalue weighted by molar-refractivity contribution is 9.10. The summed E-state index contributed by atoms with van der Waals surface area (Å²) in [6, 6.07) is 13.3. The molecule has 0 bridgehead atoms. The van der Waals surface area contributed by atoms with Crippen LogP contribution < -0.4 is 5.32 Å². The molecule has 20 heavy (non-hydrogen) atoms. The average Bonchev–Trinajstić information content (AvgIpc) is 2.43. The van der Waals surface area contributed by atoms with E-state index in [4.69, 9.17) is 11.6 Å². The molecule has 0 amide bonds. The number of hydrogen-bond donors (Lipinski definition) is 1. The predicted octanol–water partition coefficient (Wildman–Crippen LogP) is 4.96. The van der Waals surface area contributed by atoms with Crippen molar-refractivity contribution >= 4 is 27.5 Å². The van der Waals surface area contributed by atoms with E-state index >= 15 is 0 Å². The first kappa shape index (κ1) is 15.5. The maximum absolute atomic E-state index is 13.1. The molecule has 0 saturated heterocycles. The first-order valence-corrected chi connectivity index (χ1v) is 7.63. The molecule has 1 N–H and O–H groups in total. The van der Waals surface area contributed by atoms with E-state index in [2.05, 4.69) is 28.2 Å². The lowest BCUT2D eigenvalue weighted by atomic mass is 10.1. The molecule has 2 aromatic rings. The van der Waals surface area contributed by atoms with Gasteiger partial charge >= 0.3 is 0 Å². The molecule has 2 aromatic carbocycles. The van der Waals surface area contributed by atoms with Crippen LogP contribution in [0.2, 0.25) is 5.02 Å². The summed E-state index contributed by atoms with van der Waals surface area (Å²) in [5.74, 6) is -0.233. The van der Waals surface area contributed by atoms with Crippen molar-refractivity contribution in [3.8, 4) is 0 Å². The van der Waals surface area contributed by atoms with Gasteiger partial charge in [-0.1, -0.05) is 29.8 Å². The molecule has 4 heteroatoms. The van der Waals surface area contributed by atoms with Gasteiger partial charge in [0.2, 0.25) is 0 Å². The normalized spacial score (nSPS) is 12.4. The van der Waals surface area contributed by atoms with E-state index in [1.54, 1.807) is 12.1 Å². The fraction of sp³-hybridized carbons (Fsp3) is 0.250. The summed E-state index contributed by atoms with van der Waals surface area (Å²) in [6.07, 6.45) is 0.930. The smallest absolute Gasteiger partial charge is 0.137 e. The van der Waals surface area contributed by atoms with E-state index < -0.39 is 0 Å². The molecule has 2 rings (SSSR count). The van der Waals surface area contributed by atoms with E-state index in [9.17, 15) is 4.39 Å². The molecule has 0 aliphatic heterocycles. The highest BCUT2D eigenvalue weighted by Crippen LogP contribution is 2.17. The highest BCUT2D eigenvalue weighted by atomic mass is 79.9. The minimum absolute atomic E-state index is 0.233. The zero-order chi connectivity index (χ0) is 14.5. The Balaban J connectivity index is 1.86. The average molecular weight is 357 g/mol. The minimum atomic E-state index is -0.233. The van der Waals surface area contributed by atoms with Crippen LogP contribution in [0.4, 0.5) is 4.39 Å². The Hall–Kier alpha value is -0.900. The molecule has 0 aliphatic rings. The SMILES string of the molecule is CC(Cc1ccc(Cl)cc1)NCc1ccc(F)c(Br)c1. The quantitative estimate of drug-likeness (QED) is 0.798. The van der Waals surface area contributed by atoms with Gasteiger partial charge < -0.3 is 5.32 Å². The Morgan fingerprint density at radius 3 is 2.45 bits per heavy atom. The van der Waals surface area contributed by atoms with Crippen LogP contribution in [0.15, 0.2) is 46.9 Å². The van der Waals surface area contributed by atoms with E-state index in [1.807, 2.05) is 24.3 Å². The lowest BCUT2D eigenvalue weighted by Crippen LogP contribution is -2.27. The topological polar surface area (TPSA) is 12.0 Å². The summed E-state index contributed by atoms with van der Waals surface area (Å²) in [4.78, 5) is 0. The number of halogens is 3. The Morgan fingerprint density at radius 1 is 1.15 bits per heavy atom. The summed E-state index contributed by atoms with van der Waals surface area (Å²) in [5, 5.41) is 4.19. The Labute approximate surface area is 132 Å². The first-order chi connectivity index (χ1) is 9.54. The van der Waals surface area contributed by atoms with Crippen LogP contribution >= 0.6 is 27.5 Å². The van der Waals surface area contributed by atoms with Gasteiger partial charge in [0, 0.05) is 17.6 Å². The second-order valence-electron chi connectivity index (χ2n) is 4.86. The number of rotatable bonds is 5. The van der Waals surface area contributed by atoms with Crippen LogP contribution in [-0.4, -0.2) is 6.04 Å². The fourth-order valence-electron chi connectivity index (χ4n) is 1.99. The Bertz CT molecular complexity index is 571. The van der Waals surface area contributed by atoms with Crippen molar-refractivity contribution in [2.45, 2.75) is 25.9 Å². The van der Waals surface area contributed by atoms with Gasteiger partial charge in [0.05, 0.1) is 4.47 Å². The number of nitrogens with one attached hydrogen (secondary N) is 1. The Kier molecular flexibility index (Phi) is 5.58. The largest absolute Gasteiger partial charge is 0.310 e. The zero-order valence-electron chi connectivity index (χ0n) is 11.2. The molecule has 0 spiro atoms. The van der Waals surface area contributed by atoms with Gasteiger partial charge in [0.25, 0.3) is 0 Å². The van der Waals surface area contributed by atoms with Gasteiger partial charge in [0.15, 0.2) is 0 Å². The lowest BCUT2D eigenvalue weighted by Gasteiger charge is -2.14. The van der Waals surface area contributed by atoms with Gasteiger partial charge in [-0.3, -0.25) is 0 Å². The van der Waals surface area contributed by atoms with Gasteiger partial charge in [0.1, 0.15) is 5.82 Å². The van der Waals surface area contributed by atoms with Crippen molar-refractivity contribution in [1.29, 1.82) is 0 Å². The molecule has 0 heterocycles. The molecule has 0 fully saturated rings.